The molecular weight excluding hydrogens is 246 g/mol. The van der Waals surface area contributed by atoms with E-state index in [0.29, 0.717) is 5.56 Å². The van der Waals surface area contributed by atoms with E-state index >= 15 is 0 Å². The number of carbonyl (C=O) groups is 2. The number of amides is 1. The van der Waals surface area contributed by atoms with E-state index < -0.39 is 24.0 Å². The minimum absolute atomic E-state index is 0.0272. The van der Waals surface area contributed by atoms with Crippen molar-refractivity contribution in [3.8, 4) is 0 Å². The van der Waals surface area contributed by atoms with Crippen LogP contribution in [0.15, 0.2) is 30.3 Å². The molecule has 1 amide bonds. The minimum atomic E-state index is -1.64. The van der Waals surface area contributed by atoms with Gasteiger partial charge in [0, 0.05) is 5.56 Å². The number of hydrogen-bond acceptors (Lipinski definition) is 3. The van der Waals surface area contributed by atoms with Crippen LogP contribution in [0.5, 0.6) is 0 Å². The first-order chi connectivity index (χ1) is 8.91. The Morgan fingerprint density at radius 3 is 2.26 bits per heavy atom. The van der Waals surface area contributed by atoms with Crippen molar-refractivity contribution in [3.63, 3.8) is 0 Å². The van der Waals surface area contributed by atoms with Crippen molar-refractivity contribution < 1.29 is 19.8 Å². The lowest BCUT2D eigenvalue weighted by atomic mass is 9.89. The molecule has 1 unspecified atom stereocenters. The van der Waals surface area contributed by atoms with Crippen molar-refractivity contribution in [1.82, 2.24) is 5.32 Å². The Kier molecular flexibility index (Phi) is 5.06. The standard InChI is InChI=1S/C14H19NO4/c1-10(2)8-14(9-16,13(18)19)15-12(17)11-6-4-3-5-7-11/h3-7,10,16H,8-9H2,1-2H3,(H,15,17)(H,18,19). The average molecular weight is 265 g/mol. The van der Waals surface area contributed by atoms with Gasteiger partial charge in [-0.1, -0.05) is 32.0 Å². The number of hydrogen-bond donors (Lipinski definition) is 3. The van der Waals surface area contributed by atoms with Crippen LogP contribution in [0.4, 0.5) is 0 Å². The number of carbonyl (C=O) groups excluding carboxylic acids is 1. The van der Waals surface area contributed by atoms with Gasteiger partial charge in [0.05, 0.1) is 6.61 Å². The van der Waals surface area contributed by atoms with Crippen LogP contribution in [0.1, 0.15) is 30.6 Å². The zero-order valence-electron chi connectivity index (χ0n) is 11.1. The summed E-state index contributed by atoms with van der Waals surface area (Å²) in [7, 11) is 0. The highest BCUT2D eigenvalue weighted by molar-refractivity contribution is 5.97. The van der Waals surface area contributed by atoms with Crippen molar-refractivity contribution >= 4 is 11.9 Å². The summed E-state index contributed by atoms with van der Waals surface area (Å²) in [6.07, 6.45) is 0.164. The SMILES string of the molecule is CC(C)CC(CO)(NC(=O)c1ccccc1)C(=O)O. The Hall–Kier alpha value is -1.88. The average Bonchev–Trinajstić information content (AvgIpc) is 2.38. The Bertz CT molecular complexity index is 444. The van der Waals surface area contributed by atoms with E-state index in [-0.39, 0.29) is 12.3 Å². The zero-order valence-corrected chi connectivity index (χ0v) is 11.1. The molecule has 0 spiro atoms. The number of carboxylic acids is 1. The van der Waals surface area contributed by atoms with Gasteiger partial charge in [0.25, 0.3) is 5.91 Å². The van der Waals surface area contributed by atoms with Crippen molar-refractivity contribution in [2.75, 3.05) is 6.61 Å². The number of nitrogens with one attached hydrogen (secondary N) is 1. The number of benzene rings is 1. The molecule has 0 saturated carbocycles. The van der Waals surface area contributed by atoms with Crippen LogP contribution >= 0.6 is 0 Å². The van der Waals surface area contributed by atoms with Crippen LogP contribution in [0.25, 0.3) is 0 Å². The molecule has 3 N–H and O–H groups in total. The molecule has 1 atom stereocenters. The maximum atomic E-state index is 12.0. The molecule has 0 radical (unpaired) electrons. The van der Waals surface area contributed by atoms with Crippen molar-refractivity contribution in [2.24, 2.45) is 5.92 Å². The number of carboxylic acid groups (broad SMARTS) is 1. The first-order valence-electron chi connectivity index (χ1n) is 6.13. The van der Waals surface area contributed by atoms with Crippen LogP contribution in [0.2, 0.25) is 0 Å². The quantitative estimate of drug-likeness (QED) is 0.723. The lowest BCUT2D eigenvalue weighted by molar-refractivity contribution is -0.147. The maximum absolute atomic E-state index is 12.0. The van der Waals surface area contributed by atoms with E-state index in [1.165, 1.54) is 0 Å². The molecule has 1 rings (SSSR count). The molecule has 0 aromatic heterocycles. The number of rotatable bonds is 6. The van der Waals surface area contributed by atoms with Gasteiger partial charge in [-0.3, -0.25) is 4.79 Å². The van der Waals surface area contributed by atoms with Crippen LogP contribution in [-0.2, 0) is 4.79 Å². The third-order valence-corrected chi connectivity index (χ3v) is 2.82. The summed E-state index contributed by atoms with van der Waals surface area (Å²) < 4.78 is 0. The summed E-state index contributed by atoms with van der Waals surface area (Å²) in [5.74, 6) is -1.70. The Balaban J connectivity index is 2.95. The van der Waals surface area contributed by atoms with Crippen molar-refractivity contribution in [3.05, 3.63) is 35.9 Å². The summed E-state index contributed by atoms with van der Waals surface area (Å²) in [4.78, 5) is 23.4. The summed E-state index contributed by atoms with van der Waals surface area (Å²) in [6, 6.07) is 8.34. The second-order valence-electron chi connectivity index (χ2n) is 4.96. The lowest BCUT2D eigenvalue weighted by Crippen LogP contribution is -2.58. The summed E-state index contributed by atoms with van der Waals surface area (Å²) in [5, 5.41) is 21.1. The molecule has 1 aromatic carbocycles. The van der Waals surface area contributed by atoms with Gasteiger partial charge in [0.1, 0.15) is 0 Å². The van der Waals surface area contributed by atoms with Crippen LogP contribution in [-0.4, -0.2) is 34.2 Å². The van der Waals surface area contributed by atoms with E-state index in [0.717, 1.165) is 0 Å². The largest absolute Gasteiger partial charge is 0.479 e. The van der Waals surface area contributed by atoms with Crippen LogP contribution in [0, 0.1) is 5.92 Å². The van der Waals surface area contributed by atoms with Crippen molar-refractivity contribution in [2.45, 2.75) is 25.8 Å². The monoisotopic (exact) mass is 265 g/mol. The first kappa shape index (κ1) is 15.2. The van der Waals surface area contributed by atoms with Crippen LogP contribution < -0.4 is 5.32 Å². The van der Waals surface area contributed by atoms with Gasteiger partial charge in [-0.15, -0.1) is 0 Å². The molecule has 5 nitrogen and oxygen atoms in total. The van der Waals surface area contributed by atoms with Crippen molar-refractivity contribution in [1.29, 1.82) is 0 Å². The lowest BCUT2D eigenvalue weighted by Gasteiger charge is -2.30. The van der Waals surface area contributed by atoms with E-state index in [1.807, 2.05) is 13.8 Å². The normalized spacial score (nSPS) is 13.9. The predicted molar refractivity (Wildman–Crippen MR) is 70.8 cm³/mol. The number of aliphatic carboxylic acids is 1. The number of aliphatic hydroxyl groups excluding tert-OH is 1. The van der Waals surface area contributed by atoms with Gasteiger partial charge >= 0.3 is 5.97 Å². The van der Waals surface area contributed by atoms with Gasteiger partial charge in [-0.05, 0) is 24.5 Å². The highest BCUT2D eigenvalue weighted by Crippen LogP contribution is 2.18. The molecular formula is C14H19NO4. The third-order valence-electron chi connectivity index (χ3n) is 2.82. The van der Waals surface area contributed by atoms with E-state index in [9.17, 15) is 19.8 Å². The second kappa shape index (κ2) is 6.33. The molecule has 5 heteroatoms. The predicted octanol–water partition coefficient (Wildman–Crippen LogP) is 1.28. The maximum Gasteiger partial charge on any atom is 0.331 e. The van der Waals surface area contributed by atoms with Crippen LogP contribution in [0.3, 0.4) is 0 Å². The van der Waals surface area contributed by atoms with E-state index in [4.69, 9.17) is 0 Å². The topological polar surface area (TPSA) is 86.6 Å². The van der Waals surface area contributed by atoms with Gasteiger partial charge in [0.15, 0.2) is 5.54 Å². The minimum Gasteiger partial charge on any atom is -0.479 e. The Labute approximate surface area is 112 Å². The number of aliphatic hydroxyl groups is 1. The molecule has 0 aliphatic rings. The van der Waals surface area contributed by atoms with Gasteiger partial charge in [-0.25, -0.2) is 4.79 Å². The molecule has 0 heterocycles. The molecule has 0 aliphatic heterocycles. The Morgan fingerprint density at radius 2 is 1.84 bits per heavy atom. The third kappa shape index (κ3) is 3.79. The summed E-state index contributed by atoms with van der Waals surface area (Å²) in [5.41, 5.74) is -1.27. The zero-order chi connectivity index (χ0) is 14.5. The first-order valence-corrected chi connectivity index (χ1v) is 6.13. The van der Waals surface area contributed by atoms with Gasteiger partial charge in [-0.2, -0.15) is 0 Å². The highest BCUT2D eigenvalue weighted by Gasteiger charge is 2.40. The second-order valence-corrected chi connectivity index (χ2v) is 4.96. The van der Waals surface area contributed by atoms with Gasteiger partial charge < -0.3 is 15.5 Å². The van der Waals surface area contributed by atoms with E-state index in [1.54, 1.807) is 30.3 Å². The fourth-order valence-electron chi connectivity index (χ4n) is 1.94. The fraction of sp³-hybridized carbons (Fsp3) is 0.429. The molecule has 19 heavy (non-hydrogen) atoms. The Morgan fingerprint density at radius 1 is 1.26 bits per heavy atom. The molecule has 0 bridgehead atoms. The van der Waals surface area contributed by atoms with Gasteiger partial charge in [0.2, 0.25) is 0 Å². The summed E-state index contributed by atoms with van der Waals surface area (Å²) in [6.45, 7) is 3.03. The molecule has 0 fully saturated rings. The molecule has 0 aliphatic carbocycles. The summed E-state index contributed by atoms with van der Waals surface area (Å²) >= 11 is 0. The molecule has 104 valence electrons. The van der Waals surface area contributed by atoms with E-state index in [2.05, 4.69) is 5.32 Å². The fourth-order valence-corrected chi connectivity index (χ4v) is 1.94. The smallest absolute Gasteiger partial charge is 0.331 e. The molecule has 0 saturated heterocycles. The highest BCUT2D eigenvalue weighted by atomic mass is 16.4. The molecule has 1 aromatic rings.